The summed E-state index contributed by atoms with van der Waals surface area (Å²) in [6.07, 6.45) is 2.25. The van der Waals surface area contributed by atoms with Gasteiger partial charge in [-0.1, -0.05) is 0 Å². The molecule has 8 heavy (non-hydrogen) atoms. The Morgan fingerprint density at radius 1 is 1.25 bits per heavy atom. The van der Waals surface area contributed by atoms with Crippen LogP contribution in [-0.2, 0) is 4.79 Å². The average molecular weight is 112 g/mol. The number of ketones is 1. The van der Waals surface area contributed by atoms with E-state index in [4.69, 9.17) is 10.2 Å². The van der Waals surface area contributed by atoms with Gasteiger partial charge >= 0.3 is 0 Å². The van der Waals surface area contributed by atoms with Crippen molar-refractivity contribution < 1.29 is 15.0 Å². The molecule has 0 atom stereocenters. The van der Waals surface area contributed by atoms with E-state index in [9.17, 15) is 4.79 Å². The molecule has 0 unspecified atom stereocenters. The van der Waals surface area contributed by atoms with Gasteiger partial charge in [-0.25, -0.2) is 0 Å². The maximum Gasteiger partial charge on any atom is 0.224 e. The van der Waals surface area contributed by atoms with Crippen LogP contribution in [0.3, 0.4) is 0 Å². The molecule has 0 aromatic rings. The van der Waals surface area contributed by atoms with Crippen molar-refractivity contribution in [1.29, 1.82) is 0 Å². The van der Waals surface area contributed by atoms with Crippen LogP contribution in [0.25, 0.3) is 0 Å². The molecule has 0 radical (unpaired) electrons. The zero-order valence-corrected chi connectivity index (χ0v) is 3.96. The van der Waals surface area contributed by atoms with Gasteiger partial charge < -0.3 is 10.2 Å². The van der Waals surface area contributed by atoms with Gasteiger partial charge in [-0.15, -0.1) is 0 Å². The van der Waals surface area contributed by atoms with Gasteiger partial charge in [0.05, 0.1) is 0 Å². The van der Waals surface area contributed by atoms with E-state index in [0.29, 0.717) is 0 Å². The van der Waals surface area contributed by atoms with E-state index in [1.165, 1.54) is 0 Å². The SMILES string of the molecule is O=C1C=CC(O)=C1O. The first-order valence-corrected chi connectivity index (χ1v) is 2.06. The Balaban J connectivity index is 3.02. The highest BCUT2D eigenvalue weighted by molar-refractivity contribution is 6.05. The van der Waals surface area contributed by atoms with Crippen molar-refractivity contribution >= 4 is 5.78 Å². The molecule has 0 fully saturated rings. The summed E-state index contributed by atoms with van der Waals surface area (Å²) in [6.45, 7) is 0. The van der Waals surface area contributed by atoms with Crippen LogP contribution in [0.4, 0.5) is 0 Å². The number of aliphatic hydroxyl groups is 2. The summed E-state index contributed by atoms with van der Waals surface area (Å²) in [5, 5.41) is 17.0. The quantitative estimate of drug-likeness (QED) is 0.478. The van der Waals surface area contributed by atoms with Crippen LogP contribution in [0, 0.1) is 0 Å². The van der Waals surface area contributed by atoms with E-state index in [1.54, 1.807) is 0 Å². The van der Waals surface area contributed by atoms with Crippen LogP contribution in [0.1, 0.15) is 0 Å². The smallest absolute Gasteiger partial charge is 0.224 e. The van der Waals surface area contributed by atoms with Crippen LogP contribution in [0.2, 0.25) is 0 Å². The summed E-state index contributed by atoms with van der Waals surface area (Å²) >= 11 is 0. The highest BCUT2D eigenvalue weighted by Crippen LogP contribution is 2.08. The summed E-state index contributed by atoms with van der Waals surface area (Å²) in [4.78, 5) is 10.2. The summed E-state index contributed by atoms with van der Waals surface area (Å²) in [5.41, 5.74) is 0. The third kappa shape index (κ3) is 0.484. The van der Waals surface area contributed by atoms with E-state index in [-0.39, 0.29) is 5.76 Å². The molecular formula is C5H4O3. The minimum atomic E-state index is -0.565. The predicted octanol–water partition coefficient (Wildman–Crippen LogP) is 0.453. The van der Waals surface area contributed by atoms with Crippen LogP contribution >= 0.6 is 0 Å². The second-order valence-electron chi connectivity index (χ2n) is 1.43. The predicted molar refractivity (Wildman–Crippen MR) is 26.4 cm³/mol. The van der Waals surface area contributed by atoms with E-state index >= 15 is 0 Å². The number of hydrogen-bond acceptors (Lipinski definition) is 3. The first-order valence-electron chi connectivity index (χ1n) is 2.06. The monoisotopic (exact) mass is 112 g/mol. The third-order valence-corrected chi connectivity index (χ3v) is 0.869. The van der Waals surface area contributed by atoms with Crippen molar-refractivity contribution in [3.05, 3.63) is 23.7 Å². The Hall–Kier alpha value is -1.25. The van der Waals surface area contributed by atoms with Crippen LogP contribution < -0.4 is 0 Å². The number of allylic oxidation sites excluding steroid dienone is 2. The Bertz CT molecular complexity index is 184. The molecule has 0 heterocycles. The molecule has 1 aliphatic carbocycles. The van der Waals surface area contributed by atoms with Gasteiger partial charge in [-0.2, -0.15) is 0 Å². The van der Waals surface area contributed by atoms with E-state index in [1.807, 2.05) is 0 Å². The van der Waals surface area contributed by atoms with Crippen LogP contribution in [0.15, 0.2) is 23.7 Å². The molecule has 0 saturated heterocycles. The lowest BCUT2D eigenvalue weighted by molar-refractivity contribution is -0.113. The first kappa shape index (κ1) is 4.90. The van der Waals surface area contributed by atoms with Gasteiger partial charge in [0.15, 0.2) is 5.76 Å². The van der Waals surface area contributed by atoms with E-state index in [2.05, 4.69) is 0 Å². The molecule has 0 aromatic heterocycles. The molecule has 0 bridgehead atoms. The topological polar surface area (TPSA) is 57.5 Å². The molecule has 0 amide bonds. The van der Waals surface area contributed by atoms with Crippen LogP contribution in [-0.4, -0.2) is 16.0 Å². The zero-order valence-electron chi connectivity index (χ0n) is 3.96. The average Bonchev–Trinajstić information content (AvgIpc) is 1.98. The molecular weight excluding hydrogens is 108 g/mol. The number of rotatable bonds is 0. The van der Waals surface area contributed by atoms with Crippen molar-refractivity contribution in [2.24, 2.45) is 0 Å². The van der Waals surface area contributed by atoms with Gasteiger partial charge in [0.25, 0.3) is 0 Å². The highest BCUT2D eigenvalue weighted by Gasteiger charge is 2.14. The summed E-state index contributed by atoms with van der Waals surface area (Å²) in [5.74, 6) is -1.46. The zero-order chi connectivity index (χ0) is 6.15. The molecule has 1 aliphatic rings. The van der Waals surface area contributed by atoms with Crippen molar-refractivity contribution in [1.82, 2.24) is 0 Å². The summed E-state index contributed by atoms with van der Waals surface area (Å²) < 4.78 is 0. The molecule has 3 heteroatoms. The molecule has 42 valence electrons. The molecule has 0 spiro atoms. The minimum absolute atomic E-state index is 0.352. The van der Waals surface area contributed by atoms with Gasteiger partial charge in [0, 0.05) is 0 Å². The molecule has 2 N–H and O–H groups in total. The standard InChI is InChI=1S/C5H4O3/c6-3-1-2-4(7)5(3)8/h1-2H,(H2,6,7,8). The van der Waals surface area contributed by atoms with Crippen LogP contribution in [0.5, 0.6) is 0 Å². The molecule has 3 nitrogen and oxygen atoms in total. The van der Waals surface area contributed by atoms with Crippen molar-refractivity contribution in [2.45, 2.75) is 0 Å². The maximum atomic E-state index is 10.2. The third-order valence-electron chi connectivity index (χ3n) is 0.869. The fourth-order valence-corrected chi connectivity index (χ4v) is 0.439. The largest absolute Gasteiger partial charge is 0.504 e. The van der Waals surface area contributed by atoms with Gasteiger partial charge in [0.2, 0.25) is 11.5 Å². The number of aliphatic hydroxyl groups excluding tert-OH is 2. The second kappa shape index (κ2) is 1.36. The second-order valence-corrected chi connectivity index (χ2v) is 1.43. The van der Waals surface area contributed by atoms with Gasteiger partial charge in [-0.3, -0.25) is 4.79 Å². The fourth-order valence-electron chi connectivity index (χ4n) is 0.439. The number of hydrogen-bond donors (Lipinski definition) is 2. The lowest BCUT2D eigenvalue weighted by atomic mass is 10.4. The van der Waals surface area contributed by atoms with E-state index in [0.717, 1.165) is 12.2 Å². The summed E-state index contributed by atoms with van der Waals surface area (Å²) in [6, 6.07) is 0. The maximum absolute atomic E-state index is 10.2. The van der Waals surface area contributed by atoms with Crippen molar-refractivity contribution in [3.8, 4) is 0 Å². The Morgan fingerprint density at radius 2 is 1.88 bits per heavy atom. The molecule has 0 aliphatic heterocycles. The number of carbonyl (C=O) groups excluding carboxylic acids is 1. The van der Waals surface area contributed by atoms with Crippen molar-refractivity contribution in [2.75, 3.05) is 0 Å². The summed E-state index contributed by atoms with van der Waals surface area (Å²) in [7, 11) is 0. The van der Waals surface area contributed by atoms with Crippen molar-refractivity contribution in [3.63, 3.8) is 0 Å². The van der Waals surface area contributed by atoms with E-state index < -0.39 is 11.5 Å². The lowest BCUT2D eigenvalue weighted by Gasteiger charge is -1.85. The molecule has 0 saturated carbocycles. The van der Waals surface area contributed by atoms with Gasteiger partial charge in [0.1, 0.15) is 0 Å². The Labute approximate surface area is 45.6 Å². The normalized spacial score (nSPS) is 18.2. The molecule has 0 aromatic carbocycles. The highest BCUT2D eigenvalue weighted by atomic mass is 16.3. The Morgan fingerprint density at radius 3 is 2.00 bits per heavy atom. The number of carbonyl (C=O) groups is 1. The fraction of sp³-hybridized carbons (Fsp3) is 0. The minimum Gasteiger partial charge on any atom is -0.504 e. The lowest BCUT2D eigenvalue weighted by Crippen LogP contribution is -1.93. The van der Waals surface area contributed by atoms with Gasteiger partial charge in [-0.05, 0) is 12.2 Å². The Kier molecular flexibility index (Phi) is 0.836. The molecule has 1 rings (SSSR count). The first-order chi connectivity index (χ1) is 3.72.